The molecule has 0 unspecified atom stereocenters. The SMILES string of the molecule is OCC1(Cc2cnns2)CC1. The number of aliphatic hydroxyl groups excluding tert-OH is 1. The number of rotatable bonds is 3. The molecule has 0 saturated heterocycles. The van der Waals surface area contributed by atoms with Crippen LogP contribution in [0.5, 0.6) is 0 Å². The molecule has 60 valence electrons. The van der Waals surface area contributed by atoms with Crippen molar-refractivity contribution < 1.29 is 5.11 Å². The van der Waals surface area contributed by atoms with E-state index in [0.717, 1.165) is 19.3 Å². The molecule has 0 amide bonds. The molecular weight excluding hydrogens is 160 g/mol. The topological polar surface area (TPSA) is 46.0 Å². The Labute approximate surface area is 69.2 Å². The summed E-state index contributed by atoms with van der Waals surface area (Å²) in [5.41, 5.74) is 0.203. The van der Waals surface area contributed by atoms with Crippen LogP contribution in [0.3, 0.4) is 0 Å². The van der Waals surface area contributed by atoms with Crippen LogP contribution in [-0.4, -0.2) is 21.3 Å². The second-order valence-corrected chi connectivity index (χ2v) is 4.09. The monoisotopic (exact) mass is 170 g/mol. The third kappa shape index (κ3) is 1.41. The van der Waals surface area contributed by atoms with Crippen molar-refractivity contribution in [3.05, 3.63) is 11.1 Å². The van der Waals surface area contributed by atoms with E-state index in [9.17, 15) is 0 Å². The Balaban J connectivity index is 2.01. The smallest absolute Gasteiger partial charge is 0.0653 e. The van der Waals surface area contributed by atoms with Gasteiger partial charge < -0.3 is 5.11 Å². The van der Waals surface area contributed by atoms with Crippen LogP contribution in [0.4, 0.5) is 0 Å². The van der Waals surface area contributed by atoms with Crippen molar-refractivity contribution in [2.75, 3.05) is 6.61 Å². The summed E-state index contributed by atoms with van der Waals surface area (Å²) in [6.45, 7) is 0.310. The normalized spacial score (nSPS) is 20.1. The van der Waals surface area contributed by atoms with E-state index < -0.39 is 0 Å². The van der Waals surface area contributed by atoms with Crippen LogP contribution in [0.2, 0.25) is 0 Å². The first kappa shape index (κ1) is 7.18. The molecule has 1 heterocycles. The third-order valence-corrected chi connectivity index (χ3v) is 2.91. The molecule has 0 aliphatic heterocycles. The van der Waals surface area contributed by atoms with Crippen LogP contribution in [0.1, 0.15) is 17.7 Å². The maximum absolute atomic E-state index is 9.02. The fourth-order valence-corrected chi connectivity index (χ4v) is 1.87. The number of hydrogen-bond donors (Lipinski definition) is 1. The lowest BCUT2D eigenvalue weighted by atomic mass is 10.0. The van der Waals surface area contributed by atoms with E-state index in [-0.39, 0.29) is 5.41 Å². The fraction of sp³-hybridized carbons (Fsp3) is 0.714. The Morgan fingerprint density at radius 1 is 1.64 bits per heavy atom. The first-order valence-corrected chi connectivity index (χ1v) is 4.49. The highest BCUT2D eigenvalue weighted by molar-refractivity contribution is 7.05. The Morgan fingerprint density at radius 3 is 2.91 bits per heavy atom. The highest BCUT2D eigenvalue weighted by Crippen LogP contribution is 2.47. The molecule has 1 aromatic rings. The highest BCUT2D eigenvalue weighted by atomic mass is 32.1. The molecule has 0 spiro atoms. The van der Waals surface area contributed by atoms with Gasteiger partial charge in [0.25, 0.3) is 0 Å². The molecule has 0 aromatic carbocycles. The molecule has 0 radical (unpaired) electrons. The zero-order valence-electron chi connectivity index (χ0n) is 6.16. The van der Waals surface area contributed by atoms with Crippen molar-refractivity contribution >= 4 is 11.5 Å². The summed E-state index contributed by atoms with van der Waals surface area (Å²) in [6.07, 6.45) is 5.06. The van der Waals surface area contributed by atoms with Gasteiger partial charge in [0.1, 0.15) is 0 Å². The van der Waals surface area contributed by atoms with Crippen molar-refractivity contribution in [2.45, 2.75) is 19.3 Å². The van der Waals surface area contributed by atoms with Crippen LogP contribution in [0.25, 0.3) is 0 Å². The van der Waals surface area contributed by atoms with E-state index in [0.29, 0.717) is 6.61 Å². The molecule has 4 heteroatoms. The van der Waals surface area contributed by atoms with Gasteiger partial charge in [-0.25, -0.2) is 0 Å². The maximum Gasteiger partial charge on any atom is 0.0653 e. The zero-order chi connectivity index (χ0) is 7.73. The molecule has 0 bridgehead atoms. The van der Waals surface area contributed by atoms with E-state index in [2.05, 4.69) is 9.59 Å². The lowest BCUT2D eigenvalue weighted by molar-refractivity contribution is 0.212. The van der Waals surface area contributed by atoms with Crippen LogP contribution in [-0.2, 0) is 6.42 Å². The summed E-state index contributed by atoms with van der Waals surface area (Å²) in [6, 6.07) is 0. The van der Waals surface area contributed by atoms with Gasteiger partial charge in [-0.1, -0.05) is 4.49 Å². The molecule has 1 N–H and O–H groups in total. The predicted molar refractivity (Wildman–Crippen MR) is 42.4 cm³/mol. The third-order valence-electron chi connectivity index (χ3n) is 2.25. The molecule has 11 heavy (non-hydrogen) atoms. The Bertz CT molecular complexity index is 231. The van der Waals surface area contributed by atoms with Crippen molar-refractivity contribution in [1.82, 2.24) is 9.59 Å². The molecule has 1 aromatic heterocycles. The Morgan fingerprint density at radius 2 is 2.45 bits per heavy atom. The Hall–Kier alpha value is -0.480. The molecule has 2 rings (SSSR count). The van der Waals surface area contributed by atoms with Crippen molar-refractivity contribution in [2.24, 2.45) is 5.41 Å². The standard InChI is InChI=1S/C7H10N2OS/c10-5-7(1-2-7)3-6-4-8-9-11-6/h4,10H,1-3,5H2. The minimum absolute atomic E-state index is 0.203. The first-order valence-electron chi connectivity index (χ1n) is 3.72. The van der Waals surface area contributed by atoms with E-state index in [1.54, 1.807) is 6.20 Å². The van der Waals surface area contributed by atoms with Crippen molar-refractivity contribution in [1.29, 1.82) is 0 Å². The number of aromatic nitrogens is 2. The summed E-state index contributed by atoms with van der Waals surface area (Å²) in [7, 11) is 0. The van der Waals surface area contributed by atoms with Gasteiger partial charge in [-0.3, -0.25) is 0 Å². The maximum atomic E-state index is 9.02. The van der Waals surface area contributed by atoms with Gasteiger partial charge in [0, 0.05) is 11.5 Å². The second kappa shape index (κ2) is 2.53. The highest BCUT2D eigenvalue weighted by Gasteiger charge is 2.42. The van der Waals surface area contributed by atoms with E-state index in [4.69, 9.17) is 5.11 Å². The zero-order valence-corrected chi connectivity index (χ0v) is 6.97. The van der Waals surface area contributed by atoms with Crippen LogP contribution in [0, 0.1) is 5.41 Å². The summed E-state index contributed by atoms with van der Waals surface area (Å²) in [5, 5.41) is 12.8. The van der Waals surface area contributed by atoms with E-state index in [1.165, 1.54) is 16.4 Å². The molecule has 1 aliphatic rings. The molecule has 1 fully saturated rings. The van der Waals surface area contributed by atoms with Gasteiger partial charge in [-0.2, -0.15) is 0 Å². The van der Waals surface area contributed by atoms with Crippen molar-refractivity contribution in [3.8, 4) is 0 Å². The molecule has 3 nitrogen and oxygen atoms in total. The van der Waals surface area contributed by atoms with Crippen LogP contribution in [0.15, 0.2) is 6.20 Å². The number of nitrogens with zero attached hydrogens (tertiary/aromatic N) is 2. The molecule has 0 atom stereocenters. The minimum atomic E-state index is 0.203. The Kier molecular flexibility index (Phi) is 1.65. The van der Waals surface area contributed by atoms with Gasteiger partial charge in [-0.15, -0.1) is 5.10 Å². The average Bonchev–Trinajstić information content (AvgIpc) is 2.59. The van der Waals surface area contributed by atoms with Crippen molar-refractivity contribution in [3.63, 3.8) is 0 Å². The summed E-state index contributed by atoms with van der Waals surface area (Å²) < 4.78 is 3.78. The summed E-state index contributed by atoms with van der Waals surface area (Å²) in [5.74, 6) is 0. The molecule has 1 aliphatic carbocycles. The summed E-state index contributed by atoms with van der Waals surface area (Å²) in [4.78, 5) is 1.19. The quantitative estimate of drug-likeness (QED) is 0.731. The minimum Gasteiger partial charge on any atom is -0.396 e. The molecule has 1 saturated carbocycles. The average molecular weight is 170 g/mol. The van der Waals surface area contributed by atoms with Gasteiger partial charge in [0.15, 0.2) is 0 Å². The van der Waals surface area contributed by atoms with Gasteiger partial charge in [-0.05, 0) is 36.2 Å². The van der Waals surface area contributed by atoms with Crippen LogP contribution < -0.4 is 0 Å². The number of aliphatic hydroxyl groups is 1. The largest absolute Gasteiger partial charge is 0.396 e. The lowest BCUT2D eigenvalue weighted by Crippen LogP contribution is -2.08. The van der Waals surface area contributed by atoms with Gasteiger partial charge in [0.2, 0.25) is 0 Å². The second-order valence-electron chi connectivity index (χ2n) is 3.22. The predicted octanol–water partition coefficient (Wildman–Crippen LogP) is 0.853. The number of hydrogen-bond acceptors (Lipinski definition) is 4. The lowest BCUT2D eigenvalue weighted by Gasteiger charge is -2.07. The van der Waals surface area contributed by atoms with Gasteiger partial charge >= 0.3 is 0 Å². The fourth-order valence-electron chi connectivity index (χ4n) is 1.20. The summed E-state index contributed by atoms with van der Waals surface area (Å²) >= 11 is 1.43. The molecular formula is C7H10N2OS. The van der Waals surface area contributed by atoms with E-state index in [1.807, 2.05) is 0 Å². The van der Waals surface area contributed by atoms with E-state index >= 15 is 0 Å². The van der Waals surface area contributed by atoms with Gasteiger partial charge in [0.05, 0.1) is 6.20 Å². The van der Waals surface area contributed by atoms with Crippen LogP contribution >= 0.6 is 11.5 Å². The first-order chi connectivity index (χ1) is 5.35.